The van der Waals surface area contributed by atoms with Gasteiger partial charge in [-0.3, -0.25) is 9.69 Å². The Balaban J connectivity index is 1.92. The molecular formula is C21H25FN2O4Si. The molecule has 2 amide bonds. The smallest absolute Gasteiger partial charge is 0.408 e. The number of methoxy groups -OCH3 is 1. The fourth-order valence-electron chi connectivity index (χ4n) is 3.63. The molecule has 0 fully saturated rings. The van der Waals surface area contributed by atoms with Gasteiger partial charge in [-0.15, -0.1) is 0 Å². The van der Waals surface area contributed by atoms with Crippen LogP contribution in [0.25, 0.3) is 0 Å². The lowest BCUT2D eigenvalue weighted by Crippen LogP contribution is -2.44. The van der Waals surface area contributed by atoms with Gasteiger partial charge in [-0.05, 0) is 47.0 Å². The summed E-state index contributed by atoms with van der Waals surface area (Å²) in [4.78, 5) is 25.9. The van der Waals surface area contributed by atoms with Crippen LogP contribution in [0.5, 0.6) is 5.75 Å². The van der Waals surface area contributed by atoms with Crippen LogP contribution in [-0.2, 0) is 11.2 Å². The molecule has 0 spiro atoms. The summed E-state index contributed by atoms with van der Waals surface area (Å²) < 4.78 is 19.8. The number of halogens is 1. The molecule has 0 saturated heterocycles. The van der Waals surface area contributed by atoms with Gasteiger partial charge in [0.1, 0.15) is 17.6 Å². The van der Waals surface area contributed by atoms with Gasteiger partial charge in [0.25, 0.3) is 5.91 Å². The number of fused-ring (bicyclic) bond motifs is 1. The van der Waals surface area contributed by atoms with E-state index in [0.29, 0.717) is 28.6 Å². The molecule has 3 rings (SSSR count). The van der Waals surface area contributed by atoms with Crippen molar-refractivity contribution >= 4 is 30.9 Å². The number of hydrogen-bond acceptors (Lipinski definition) is 3. The zero-order chi connectivity index (χ0) is 21.3. The summed E-state index contributed by atoms with van der Waals surface area (Å²) in [5.74, 6) is -0.222. The van der Waals surface area contributed by atoms with E-state index in [0.717, 1.165) is 10.5 Å². The number of rotatable bonds is 4. The topological polar surface area (TPSA) is 78.9 Å². The summed E-state index contributed by atoms with van der Waals surface area (Å²) in [6.45, 7) is 6.32. The van der Waals surface area contributed by atoms with E-state index in [1.54, 1.807) is 31.4 Å². The number of benzene rings is 2. The highest BCUT2D eigenvalue weighted by atomic mass is 28.3. The van der Waals surface area contributed by atoms with E-state index in [2.05, 4.69) is 5.32 Å². The molecule has 0 bridgehead atoms. The van der Waals surface area contributed by atoms with Crippen molar-refractivity contribution < 1.29 is 23.8 Å². The standard InChI is InChI=1S/C21H25FN2O4Si/c1-28-15-6-7-16-13(11-15)9-10-24(21(26)27)19(16)20(25)23-14-5-8-18(17(22)12-14)29(2,3)4/h5-8,11-12,19H,9-10H2,1-4H3,(H,23,25)(H,26,27)/t19-/m0/s1. The number of carboxylic acid groups (broad SMARTS) is 1. The fraction of sp³-hybridized carbons (Fsp3) is 0.333. The maximum atomic E-state index is 14.5. The lowest BCUT2D eigenvalue weighted by molar-refractivity contribution is -0.121. The first-order valence-corrected chi connectivity index (χ1v) is 12.9. The van der Waals surface area contributed by atoms with Crippen molar-refractivity contribution in [2.24, 2.45) is 0 Å². The van der Waals surface area contributed by atoms with Gasteiger partial charge in [-0.1, -0.05) is 31.8 Å². The molecule has 0 unspecified atom stereocenters. The normalized spacial score (nSPS) is 16.2. The molecule has 0 aliphatic carbocycles. The van der Waals surface area contributed by atoms with Crippen molar-refractivity contribution in [3.63, 3.8) is 0 Å². The SMILES string of the molecule is COc1ccc2c(c1)CCN(C(=O)O)[C@@H]2C(=O)Nc1ccc([Si](C)(C)C)c(F)c1. The van der Waals surface area contributed by atoms with Gasteiger partial charge in [-0.2, -0.15) is 0 Å². The van der Waals surface area contributed by atoms with E-state index < -0.39 is 26.1 Å². The Hall–Kier alpha value is -2.87. The molecule has 8 heteroatoms. The number of ether oxygens (including phenoxy) is 1. The van der Waals surface area contributed by atoms with Crippen molar-refractivity contribution in [1.29, 1.82) is 0 Å². The molecule has 2 aromatic carbocycles. The maximum Gasteiger partial charge on any atom is 0.408 e. The number of carbonyl (C=O) groups excluding carboxylic acids is 1. The molecule has 0 aromatic heterocycles. The van der Waals surface area contributed by atoms with Crippen LogP contribution in [0.2, 0.25) is 19.6 Å². The van der Waals surface area contributed by atoms with Crippen LogP contribution in [0, 0.1) is 5.82 Å². The summed E-state index contributed by atoms with van der Waals surface area (Å²) in [7, 11) is -0.288. The summed E-state index contributed by atoms with van der Waals surface area (Å²) >= 11 is 0. The quantitative estimate of drug-likeness (QED) is 0.747. The van der Waals surface area contributed by atoms with Crippen LogP contribution >= 0.6 is 0 Å². The Morgan fingerprint density at radius 1 is 1.21 bits per heavy atom. The van der Waals surface area contributed by atoms with E-state index in [9.17, 15) is 19.1 Å². The number of nitrogens with zero attached hydrogens (tertiary/aromatic N) is 1. The summed E-state index contributed by atoms with van der Waals surface area (Å²) in [5.41, 5.74) is 1.78. The summed E-state index contributed by atoms with van der Waals surface area (Å²) in [5, 5.41) is 13.0. The average molecular weight is 417 g/mol. The molecule has 6 nitrogen and oxygen atoms in total. The third-order valence-electron chi connectivity index (χ3n) is 5.12. The molecule has 1 heterocycles. The van der Waals surface area contributed by atoms with Gasteiger partial charge >= 0.3 is 6.09 Å². The van der Waals surface area contributed by atoms with Gasteiger partial charge in [-0.25, -0.2) is 9.18 Å². The number of carbonyl (C=O) groups is 2. The molecule has 1 aliphatic heterocycles. The average Bonchev–Trinajstić information content (AvgIpc) is 2.65. The molecule has 2 N–H and O–H groups in total. The number of nitrogens with one attached hydrogen (secondary N) is 1. The lowest BCUT2D eigenvalue weighted by atomic mass is 9.92. The molecule has 29 heavy (non-hydrogen) atoms. The third-order valence-corrected chi connectivity index (χ3v) is 7.14. The lowest BCUT2D eigenvalue weighted by Gasteiger charge is -2.34. The predicted molar refractivity (Wildman–Crippen MR) is 112 cm³/mol. The summed E-state index contributed by atoms with van der Waals surface area (Å²) in [6, 6.07) is 8.88. The monoisotopic (exact) mass is 416 g/mol. The zero-order valence-corrected chi connectivity index (χ0v) is 18.0. The molecule has 1 aliphatic rings. The van der Waals surface area contributed by atoms with E-state index >= 15 is 0 Å². The molecule has 2 aromatic rings. The Morgan fingerprint density at radius 2 is 1.93 bits per heavy atom. The fourth-order valence-corrected chi connectivity index (χ4v) is 5.00. The number of hydrogen-bond donors (Lipinski definition) is 2. The summed E-state index contributed by atoms with van der Waals surface area (Å²) in [6.07, 6.45) is -0.686. The second-order valence-corrected chi connectivity index (χ2v) is 13.2. The molecular weight excluding hydrogens is 391 g/mol. The first-order chi connectivity index (χ1) is 13.6. The molecule has 0 radical (unpaired) electrons. The van der Waals surface area contributed by atoms with Crippen molar-refractivity contribution in [3.05, 3.63) is 53.3 Å². The van der Waals surface area contributed by atoms with Crippen LogP contribution < -0.4 is 15.2 Å². The zero-order valence-electron chi connectivity index (χ0n) is 17.0. The third kappa shape index (κ3) is 4.27. The highest BCUT2D eigenvalue weighted by Gasteiger charge is 2.36. The Morgan fingerprint density at radius 3 is 2.52 bits per heavy atom. The van der Waals surface area contributed by atoms with Gasteiger partial charge in [0, 0.05) is 12.2 Å². The van der Waals surface area contributed by atoms with Crippen LogP contribution in [-0.4, -0.2) is 43.7 Å². The number of anilines is 1. The first-order valence-electron chi connectivity index (χ1n) is 9.39. The van der Waals surface area contributed by atoms with E-state index in [4.69, 9.17) is 4.74 Å². The Kier molecular flexibility index (Phi) is 5.65. The molecule has 0 saturated carbocycles. The molecule has 1 atom stereocenters. The van der Waals surface area contributed by atoms with Crippen LogP contribution in [0.4, 0.5) is 14.9 Å². The largest absolute Gasteiger partial charge is 0.497 e. The minimum Gasteiger partial charge on any atom is -0.497 e. The number of amides is 2. The van der Waals surface area contributed by atoms with Crippen LogP contribution in [0.15, 0.2) is 36.4 Å². The maximum absolute atomic E-state index is 14.5. The van der Waals surface area contributed by atoms with E-state index in [1.807, 2.05) is 25.7 Å². The minimum absolute atomic E-state index is 0.191. The second kappa shape index (κ2) is 7.86. The minimum atomic E-state index is -1.84. The Bertz CT molecular complexity index is 958. The van der Waals surface area contributed by atoms with Crippen molar-refractivity contribution in [2.45, 2.75) is 32.1 Å². The highest BCUT2D eigenvalue weighted by molar-refractivity contribution is 6.88. The van der Waals surface area contributed by atoms with Gasteiger partial charge in [0.2, 0.25) is 0 Å². The Labute approximate surface area is 170 Å². The van der Waals surface area contributed by atoms with Gasteiger partial charge in [0.05, 0.1) is 15.2 Å². The van der Waals surface area contributed by atoms with Crippen LogP contribution in [0.3, 0.4) is 0 Å². The second-order valence-electron chi connectivity index (χ2n) is 8.13. The molecule has 154 valence electrons. The van der Waals surface area contributed by atoms with E-state index in [1.165, 1.54) is 6.07 Å². The first kappa shape index (κ1) is 20.9. The van der Waals surface area contributed by atoms with Crippen molar-refractivity contribution in [2.75, 3.05) is 19.0 Å². The van der Waals surface area contributed by atoms with Crippen molar-refractivity contribution in [1.82, 2.24) is 4.90 Å². The van der Waals surface area contributed by atoms with Gasteiger partial charge < -0.3 is 15.2 Å². The van der Waals surface area contributed by atoms with Gasteiger partial charge in [0.15, 0.2) is 0 Å². The van der Waals surface area contributed by atoms with Crippen molar-refractivity contribution in [3.8, 4) is 5.75 Å². The van der Waals surface area contributed by atoms with Crippen LogP contribution in [0.1, 0.15) is 17.2 Å². The predicted octanol–water partition coefficient (Wildman–Crippen LogP) is 3.60. The van der Waals surface area contributed by atoms with E-state index in [-0.39, 0.29) is 12.4 Å². The highest BCUT2D eigenvalue weighted by Crippen LogP contribution is 2.33.